The monoisotopic (exact) mass is 340 g/mol. The van der Waals surface area contributed by atoms with Gasteiger partial charge in [-0.05, 0) is 36.8 Å². The number of nitrogens with one attached hydrogen (secondary N) is 3. The van der Waals surface area contributed by atoms with Crippen molar-refractivity contribution in [3.05, 3.63) is 65.7 Å². The van der Waals surface area contributed by atoms with Crippen molar-refractivity contribution in [3.63, 3.8) is 0 Å². The van der Waals surface area contributed by atoms with Crippen LogP contribution in [0, 0.1) is 5.41 Å². The number of ether oxygens (including phenoxy) is 1. The standard InChI is InChI=1S/C18H20N4O3/c1-12(13-5-3-2-4-6-13)21-16(23)11-25-18(24)22-15-9-7-14(8-10-15)17(19)20/h2-10,12H,11H2,1H3,(H3,19,20)(H,21,23)(H,22,24). The fraction of sp³-hybridized carbons (Fsp3) is 0.167. The summed E-state index contributed by atoms with van der Waals surface area (Å²) in [6, 6.07) is 15.7. The van der Waals surface area contributed by atoms with Gasteiger partial charge < -0.3 is 15.8 Å². The molecule has 1 atom stereocenters. The Bertz CT molecular complexity index is 745. The van der Waals surface area contributed by atoms with Gasteiger partial charge in [0.15, 0.2) is 6.61 Å². The largest absolute Gasteiger partial charge is 0.439 e. The van der Waals surface area contributed by atoms with Gasteiger partial charge in [-0.15, -0.1) is 0 Å². The first-order valence-corrected chi connectivity index (χ1v) is 7.68. The first-order chi connectivity index (χ1) is 12.0. The van der Waals surface area contributed by atoms with Gasteiger partial charge in [-0.1, -0.05) is 30.3 Å². The van der Waals surface area contributed by atoms with Crippen LogP contribution in [0.4, 0.5) is 10.5 Å². The highest BCUT2D eigenvalue weighted by molar-refractivity contribution is 5.95. The summed E-state index contributed by atoms with van der Waals surface area (Å²) in [6.07, 6.45) is -0.738. The van der Waals surface area contributed by atoms with Crippen molar-refractivity contribution in [1.82, 2.24) is 5.32 Å². The van der Waals surface area contributed by atoms with Gasteiger partial charge >= 0.3 is 6.09 Å². The Balaban J connectivity index is 1.77. The maximum absolute atomic E-state index is 11.8. The molecular formula is C18H20N4O3. The molecule has 2 amide bonds. The SMILES string of the molecule is CC(NC(=O)COC(=O)Nc1ccc(C(=N)N)cc1)c1ccccc1. The molecule has 2 rings (SSSR count). The fourth-order valence-electron chi connectivity index (χ4n) is 2.13. The number of nitrogens with two attached hydrogens (primary N) is 1. The molecule has 0 aromatic heterocycles. The summed E-state index contributed by atoms with van der Waals surface area (Å²) in [5.74, 6) is -0.447. The third-order valence-electron chi connectivity index (χ3n) is 3.45. The molecule has 0 radical (unpaired) electrons. The lowest BCUT2D eigenvalue weighted by molar-refractivity contribution is -0.124. The van der Waals surface area contributed by atoms with E-state index in [0.29, 0.717) is 11.3 Å². The number of anilines is 1. The number of carbonyl (C=O) groups is 2. The van der Waals surface area contributed by atoms with Crippen LogP contribution in [0.25, 0.3) is 0 Å². The van der Waals surface area contributed by atoms with Crippen LogP contribution in [0.2, 0.25) is 0 Å². The fourth-order valence-corrected chi connectivity index (χ4v) is 2.13. The van der Waals surface area contributed by atoms with Crippen molar-refractivity contribution in [3.8, 4) is 0 Å². The van der Waals surface area contributed by atoms with Gasteiger partial charge in [-0.25, -0.2) is 4.79 Å². The molecular weight excluding hydrogens is 320 g/mol. The van der Waals surface area contributed by atoms with Crippen molar-refractivity contribution in [2.75, 3.05) is 11.9 Å². The molecule has 25 heavy (non-hydrogen) atoms. The Labute approximate surface area is 145 Å². The van der Waals surface area contributed by atoms with Crippen LogP contribution in [0.1, 0.15) is 24.1 Å². The zero-order chi connectivity index (χ0) is 18.2. The van der Waals surface area contributed by atoms with Gasteiger partial charge in [-0.3, -0.25) is 15.5 Å². The average molecular weight is 340 g/mol. The molecule has 0 spiro atoms. The number of amides is 2. The number of rotatable bonds is 6. The summed E-state index contributed by atoms with van der Waals surface area (Å²) in [6.45, 7) is 1.47. The van der Waals surface area contributed by atoms with E-state index in [1.165, 1.54) is 0 Å². The van der Waals surface area contributed by atoms with E-state index in [0.717, 1.165) is 5.56 Å². The van der Waals surface area contributed by atoms with Crippen molar-refractivity contribution < 1.29 is 14.3 Å². The first kappa shape index (κ1) is 18.0. The highest BCUT2D eigenvalue weighted by Crippen LogP contribution is 2.11. The molecule has 0 heterocycles. The normalized spacial score (nSPS) is 11.2. The van der Waals surface area contributed by atoms with Crippen LogP contribution in [0.15, 0.2) is 54.6 Å². The minimum atomic E-state index is -0.738. The Morgan fingerprint density at radius 2 is 1.76 bits per heavy atom. The quantitative estimate of drug-likeness (QED) is 0.477. The molecule has 2 aromatic rings. The molecule has 0 aliphatic rings. The maximum Gasteiger partial charge on any atom is 0.412 e. The van der Waals surface area contributed by atoms with Gasteiger partial charge in [0, 0.05) is 11.3 Å². The second-order valence-electron chi connectivity index (χ2n) is 5.39. The lowest BCUT2D eigenvalue weighted by Gasteiger charge is -2.14. The highest BCUT2D eigenvalue weighted by atomic mass is 16.6. The van der Waals surface area contributed by atoms with E-state index in [1.54, 1.807) is 24.3 Å². The summed E-state index contributed by atoms with van der Waals surface area (Å²) in [4.78, 5) is 23.6. The van der Waals surface area contributed by atoms with E-state index >= 15 is 0 Å². The predicted molar refractivity (Wildman–Crippen MR) is 95.4 cm³/mol. The van der Waals surface area contributed by atoms with Crippen LogP contribution in [-0.2, 0) is 9.53 Å². The Morgan fingerprint density at radius 3 is 2.36 bits per heavy atom. The molecule has 0 bridgehead atoms. The summed E-state index contributed by atoms with van der Waals surface area (Å²) in [7, 11) is 0. The summed E-state index contributed by atoms with van der Waals surface area (Å²) in [5, 5.41) is 12.5. The van der Waals surface area contributed by atoms with E-state index in [9.17, 15) is 9.59 Å². The lowest BCUT2D eigenvalue weighted by Crippen LogP contribution is -2.31. The van der Waals surface area contributed by atoms with Crippen molar-refractivity contribution >= 4 is 23.5 Å². The number of amidine groups is 1. The predicted octanol–water partition coefficient (Wildman–Crippen LogP) is 2.40. The second-order valence-corrected chi connectivity index (χ2v) is 5.39. The van der Waals surface area contributed by atoms with E-state index < -0.39 is 12.0 Å². The zero-order valence-electron chi connectivity index (χ0n) is 13.8. The van der Waals surface area contributed by atoms with Gasteiger partial charge in [-0.2, -0.15) is 0 Å². The molecule has 130 valence electrons. The third-order valence-corrected chi connectivity index (χ3v) is 3.45. The third kappa shape index (κ3) is 5.65. The minimum Gasteiger partial charge on any atom is -0.439 e. The highest BCUT2D eigenvalue weighted by Gasteiger charge is 2.12. The molecule has 7 heteroatoms. The number of nitrogen functional groups attached to an aromatic ring is 1. The van der Waals surface area contributed by atoms with Crippen molar-refractivity contribution in [2.45, 2.75) is 13.0 Å². The van der Waals surface area contributed by atoms with Crippen molar-refractivity contribution in [1.29, 1.82) is 5.41 Å². The van der Waals surface area contributed by atoms with Gasteiger partial charge in [0.25, 0.3) is 5.91 Å². The molecule has 0 aliphatic carbocycles. The van der Waals surface area contributed by atoms with Crippen LogP contribution >= 0.6 is 0 Å². The van der Waals surface area contributed by atoms with Gasteiger partial charge in [0.2, 0.25) is 0 Å². The summed E-state index contributed by atoms with van der Waals surface area (Å²) >= 11 is 0. The Hall–Kier alpha value is -3.35. The average Bonchev–Trinajstić information content (AvgIpc) is 2.61. The van der Waals surface area contributed by atoms with Gasteiger partial charge in [0.1, 0.15) is 5.84 Å². The smallest absolute Gasteiger partial charge is 0.412 e. The van der Waals surface area contributed by atoms with E-state index in [-0.39, 0.29) is 18.5 Å². The molecule has 0 aliphatic heterocycles. The Morgan fingerprint density at radius 1 is 1.12 bits per heavy atom. The molecule has 5 N–H and O–H groups in total. The second kappa shape index (κ2) is 8.49. The van der Waals surface area contributed by atoms with Crippen molar-refractivity contribution in [2.24, 2.45) is 5.73 Å². The number of hydrogen-bond donors (Lipinski definition) is 4. The van der Waals surface area contributed by atoms with Crippen LogP contribution in [0.5, 0.6) is 0 Å². The summed E-state index contributed by atoms with van der Waals surface area (Å²) in [5.41, 5.74) is 7.35. The summed E-state index contributed by atoms with van der Waals surface area (Å²) < 4.78 is 4.89. The Kier molecular flexibility index (Phi) is 6.11. The molecule has 7 nitrogen and oxygen atoms in total. The molecule has 2 aromatic carbocycles. The number of benzene rings is 2. The van der Waals surface area contributed by atoms with Crippen LogP contribution < -0.4 is 16.4 Å². The maximum atomic E-state index is 11.8. The van der Waals surface area contributed by atoms with E-state index in [4.69, 9.17) is 15.9 Å². The molecule has 0 saturated carbocycles. The van der Waals surface area contributed by atoms with E-state index in [2.05, 4.69) is 10.6 Å². The number of carbonyl (C=O) groups excluding carboxylic acids is 2. The van der Waals surface area contributed by atoms with Crippen LogP contribution in [-0.4, -0.2) is 24.4 Å². The zero-order valence-corrected chi connectivity index (χ0v) is 13.8. The van der Waals surface area contributed by atoms with E-state index in [1.807, 2.05) is 37.3 Å². The number of hydrogen-bond acceptors (Lipinski definition) is 4. The van der Waals surface area contributed by atoms with Gasteiger partial charge in [0.05, 0.1) is 6.04 Å². The molecule has 0 saturated heterocycles. The van der Waals surface area contributed by atoms with Crippen LogP contribution in [0.3, 0.4) is 0 Å². The molecule has 1 unspecified atom stereocenters. The first-order valence-electron chi connectivity index (χ1n) is 7.68. The lowest BCUT2D eigenvalue weighted by atomic mass is 10.1. The topological polar surface area (TPSA) is 117 Å². The molecule has 0 fully saturated rings. The minimum absolute atomic E-state index is 0.0571.